The predicted octanol–water partition coefficient (Wildman–Crippen LogP) is 2.47. The van der Waals surface area contributed by atoms with Gasteiger partial charge < -0.3 is 16.2 Å². The van der Waals surface area contributed by atoms with Crippen molar-refractivity contribution in [3.05, 3.63) is 23.8 Å². The summed E-state index contributed by atoms with van der Waals surface area (Å²) in [7, 11) is 0. The van der Waals surface area contributed by atoms with E-state index in [1.165, 1.54) is 12.1 Å². The first-order valence-corrected chi connectivity index (χ1v) is 8.08. The molecule has 1 spiro atoms. The van der Waals surface area contributed by atoms with Gasteiger partial charge in [-0.2, -0.15) is 4.99 Å². The average Bonchev–Trinajstić information content (AvgIpc) is 2.51. The second-order valence-electron chi connectivity index (χ2n) is 5.99. The number of ether oxygens (including phenoxy) is 1. The lowest BCUT2D eigenvalue weighted by molar-refractivity contribution is 0.298. The molecule has 1 heterocycles. The summed E-state index contributed by atoms with van der Waals surface area (Å²) >= 11 is 0. The summed E-state index contributed by atoms with van der Waals surface area (Å²) in [5, 5.41) is 0. The van der Waals surface area contributed by atoms with Crippen molar-refractivity contribution in [3.63, 3.8) is 0 Å². The van der Waals surface area contributed by atoms with Crippen LogP contribution in [-0.4, -0.2) is 24.2 Å². The Morgan fingerprint density at radius 2 is 1.79 bits per heavy atom. The van der Waals surface area contributed by atoms with Crippen molar-refractivity contribution in [2.75, 3.05) is 11.5 Å². The van der Waals surface area contributed by atoms with E-state index in [2.05, 4.69) is 9.98 Å². The molecule has 1 saturated carbocycles. The maximum Gasteiger partial charge on any atom is 0.220 e. The molecule has 0 radical (unpaired) electrons. The van der Waals surface area contributed by atoms with Gasteiger partial charge in [-0.25, -0.2) is 13.8 Å². The third-order valence-electron chi connectivity index (χ3n) is 4.38. The summed E-state index contributed by atoms with van der Waals surface area (Å²) in [6.45, 7) is 1.84. The first-order valence-electron chi connectivity index (χ1n) is 8.08. The summed E-state index contributed by atoms with van der Waals surface area (Å²) in [6.07, 6.45) is 4.33. The molecule has 1 aromatic carbocycles. The highest BCUT2D eigenvalue weighted by molar-refractivity contribution is 6.05. The second-order valence-corrected chi connectivity index (χ2v) is 5.99. The summed E-state index contributed by atoms with van der Waals surface area (Å²) < 4.78 is 33.6. The molecule has 1 aliphatic heterocycles. The number of hydrogen-bond acceptors (Lipinski definition) is 6. The number of anilines is 1. The van der Waals surface area contributed by atoms with Crippen LogP contribution in [0.2, 0.25) is 0 Å². The van der Waals surface area contributed by atoms with Crippen LogP contribution in [0.4, 0.5) is 14.5 Å². The molecular weight excluding hydrogens is 316 g/mol. The van der Waals surface area contributed by atoms with Crippen molar-refractivity contribution < 1.29 is 13.5 Å². The van der Waals surface area contributed by atoms with Crippen LogP contribution in [0.5, 0.6) is 5.75 Å². The highest BCUT2D eigenvalue weighted by atomic mass is 19.1. The standard InChI is InChI=1S/C16H21F2N5O/c1-2-24-13-11(17)8-10(9-12(13)18)23-15(20)21-14(19)22-16(23)6-4-3-5-7-16/h8-9H,2-7H2,1H3,(H4,19,20,21,22). The minimum atomic E-state index is -0.784. The second kappa shape index (κ2) is 6.26. The molecule has 0 saturated heterocycles. The molecule has 0 bridgehead atoms. The van der Waals surface area contributed by atoms with E-state index in [9.17, 15) is 8.78 Å². The Morgan fingerprint density at radius 1 is 1.17 bits per heavy atom. The van der Waals surface area contributed by atoms with Gasteiger partial charge in [-0.15, -0.1) is 0 Å². The van der Waals surface area contributed by atoms with Crippen molar-refractivity contribution in [2.24, 2.45) is 21.5 Å². The molecule has 3 rings (SSSR count). The van der Waals surface area contributed by atoms with E-state index in [0.29, 0.717) is 12.8 Å². The number of halogens is 2. The summed E-state index contributed by atoms with van der Waals surface area (Å²) in [5.74, 6) is -1.78. The smallest absolute Gasteiger partial charge is 0.220 e. The molecule has 2 aliphatic rings. The molecule has 0 atom stereocenters. The molecule has 0 unspecified atom stereocenters. The largest absolute Gasteiger partial charge is 0.488 e. The normalized spacial score (nSPS) is 19.9. The third-order valence-corrected chi connectivity index (χ3v) is 4.38. The number of nitrogens with two attached hydrogens (primary N) is 2. The Balaban J connectivity index is 2.07. The molecule has 1 fully saturated rings. The summed E-state index contributed by atoms with van der Waals surface area (Å²) in [5.41, 5.74) is 11.3. The van der Waals surface area contributed by atoms with Crippen molar-refractivity contribution in [3.8, 4) is 5.75 Å². The van der Waals surface area contributed by atoms with Crippen LogP contribution < -0.4 is 21.1 Å². The van der Waals surface area contributed by atoms with Crippen molar-refractivity contribution in [1.82, 2.24) is 0 Å². The van der Waals surface area contributed by atoms with Crippen LogP contribution in [0.1, 0.15) is 39.0 Å². The Morgan fingerprint density at radius 3 is 2.38 bits per heavy atom. The Bertz CT molecular complexity index is 675. The topological polar surface area (TPSA) is 89.2 Å². The van der Waals surface area contributed by atoms with Crippen LogP contribution in [0.25, 0.3) is 0 Å². The molecule has 1 aromatic rings. The SMILES string of the molecule is CCOc1c(F)cc(N2C(N)=NC(N)=NC23CCCCC3)cc1F. The fraction of sp³-hybridized carbons (Fsp3) is 0.500. The molecule has 1 aliphatic carbocycles. The van der Waals surface area contributed by atoms with Crippen LogP contribution in [0.15, 0.2) is 22.1 Å². The summed E-state index contributed by atoms with van der Waals surface area (Å²) in [6, 6.07) is 2.40. The highest BCUT2D eigenvalue weighted by Gasteiger charge is 2.43. The number of aliphatic imine (C=N–C) groups is 2. The van der Waals surface area contributed by atoms with E-state index in [1.807, 2.05) is 0 Å². The number of benzene rings is 1. The first-order chi connectivity index (χ1) is 11.5. The van der Waals surface area contributed by atoms with E-state index in [4.69, 9.17) is 16.2 Å². The van der Waals surface area contributed by atoms with E-state index in [1.54, 1.807) is 11.8 Å². The van der Waals surface area contributed by atoms with Gasteiger partial charge in [-0.05, 0) is 32.6 Å². The van der Waals surface area contributed by atoms with Crippen molar-refractivity contribution >= 4 is 17.6 Å². The Kier molecular flexibility index (Phi) is 4.29. The number of nitrogens with zero attached hydrogens (tertiary/aromatic N) is 3. The molecule has 6 nitrogen and oxygen atoms in total. The van der Waals surface area contributed by atoms with Crippen LogP contribution in [-0.2, 0) is 0 Å². The minimum absolute atomic E-state index is 0.0901. The van der Waals surface area contributed by atoms with Gasteiger partial charge in [0.05, 0.1) is 12.3 Å². The Labute approximate surface area is 139 Å². The molecule has 0 amide bonds. The lowest BCUT2D eigenvalue weighted by Crippen LogP contribution is -2.58. The predicted molar refractivity (Wildman–Crippen MR) is 89.1 cm³/mol. The average molecular weight is 337 g/mol. The van der Waals surface area contributed by atoms with Gasteiger partial charge in [0.25, 0.3) is 0 Å². The summed E-state index contributed by atoms with van der Waals surface area (Å²) in [4.78, 5) is 10.0. The van der Waals surface area contributed by atoms with Crippen LogP contribution in [0.3, 0.4) is 0 Å². The zero-order valence-electron chi connectivity index (χ0n) is 13.6. The van der Waals surface area contributed by atoms with Gasteiger partial charge in [0.1, 0.15) is 5.66 Å². The van der Waals surface area contributed by atoms with E-state index < -0.39 is 23.0 Å². The van der Waals surface area contributed by atoms with Crippen molar-refractivity contribution in [1.29, 1.82) is 0 Å². The van der Waals surface area contributed by atoms with Gasteiger partial charge in [0.15, 0.2) is 17.4 Å². The third kappa shape index (κ3) is 2.76. The maximum atomic E-state index is 14.3. The number of guanidine groups is 2. The van der Waals surface area contributed by atoms with Crippen LogP contribution in [0, 0.1) is 11.6 Å². The Hall–Kier alpha value is -2.38. The lowest BCUT2D eigenvalue weighted by Gasteiger charge is -2.45. The highest BCUT2D eigenvalue weighted by Crippen LogP contribution is 2.40. The first kappa shape index (κ1) is 16.5. The molecule has 4 N–H and O–H groups in total. The maximum absolute atomic E-state index is 14.3. The fourth-order valence-corrected chi connectivity index (χ4v) is 3.45. The number of rotatable bonds is 3. The molecular formula is C16H21F2N5O. The number of hydrogen-bond donors (Lipinski definition) is 2. The monoisotopic (exact) mass is 337 g/mol. The van der Waals surface area contributed by atoms with Crippen LogP contribution >= 0.6 is 0 Å². The molecule has 130 valence electrons. The van der Waals surface area contributed by atoms with Gasteiger partial charge in [-0.3, -0.25) is 4.90 Å². The van der Waals surface area contributed by atoms with E-state index >= 15 is 0 Å². The van der Waals surface area contributed by atoms with Crippen molar-refractivity contribution in [2.45, 2.75) is 44.7 Å². The molecule has 24 heavy (non-hydrogen) atoms. The van der Waals surface area contributed by atoms with Gasteiger partial charge >= 0.3 is 0 Å². The zero-order chi connectivity index (χ0) is 17.3. The molecule has 8 heteroatoms. The van der Waals surface area contributed by atoms with Gasteiger partial charge in [0.2, 0.25) is 11.9 Å². The van der Waals surface area contributed by atoms with E-state index in [0.717, 1.165) is 19.3 Å². The minimum Gasteiger partial charge on any atom is -0.488 e. The molecule has 0 aromatic heterocycles. The van der Waals surface area contributed by atoms with E-state index in [-0.39, 0.29) is 24.2 Å². The van der Waals surface area contributed by atoms with Gasteiger partial charge in [-0.1, -0.05) is 6.42 Å². The lowest BCUT2D eigenvalue weighted by atomic mass is 9.87. The zero-order valence-corrected chi connectivity index (χ0v) is 13.6. The van der Waals surface area contributed by atoms with Gasteiger partial charge in [0, 0.05) is 12.1 Å². The fourth-order valence-electron chi connectivity index (χ4n) is 3.45. The quantitative estimate of drug-likeness (QED) is 0.887.